The quantitative estimate of drug-likeness (QED) is 0.0939. The standard InChI is InChI=1S/C47H60ClN9O7/c1-28-36(42(59)50-35-22-24-57(25-23-35)45(62)64-47(5,6)7)20-21-37(39(28)48)31-12-8-29(9-13-31)26-38(43(60)51-34-18-16-32(17-19-34)40-53-55-56-54-40)52-41(58)33-14-10-30(11-15-33)27-49-44(61)63-46(2,3)4/h8-9,12-13,16-21,30,33,35,38H,10-11,14-15,22-27H2,1-7H3,(H,49,61)(H,50,59)(H,51,60)(H,52,58)(H,53,54,55,56)/t30?,33?,38-/m0/s1. The molecule has 2 heterocycles. The van der Waals surface area contributed by atoms with Crippen LogP contribution in [0.15, 0.2) is 60.7 Å². The van der Waals surface area contributed by atoms with Gasteiger partial charge in [-0.2, -0.15) is 5.21 Å². The lowest BCUT2D eigenvalue weighted by Crippen LogP contribution is -2.48. The third kappa shape index (κ3) is 13.3. The van der Waals surface area contributed by atoms with Crippen LogP contribution in [0.3, 0.4) is 0 Å². The summed E-state index contributed by atoms with van der Waals surface area (Å²) in [6, 6.07) is 17.3. The molecule has 1 aliphatic carbocycles. The minimum atomic E-state index is -0.894. The van der Waals surface area contributed by atoms with E-state index in [1.807, 2.05) is 78.8 Å². The molecule has 1 atom stereocenters. The van der Waals surface area contributed by atoms with Crippen LogP contribution in [-0.4, -0.2) is 98.4 Å². The molecule has 0 spiro atoms. The number of carbonyl (C=O) groups is 5. The van der Waals surface area contributed by atoms with Gasteiger partial charge in [-0.15, -0.1) is 10.2 Å². The van der Waals surface area contributed by atoms with Crippen molar-refractivity contribution >= 4 is 47.2 Å². The van der Waals surface area contributed by atoms with Crippen molar-refractivity contribution in [2.24, 2.45) is 11.8 Å². The summed E-state index contributed by atoms with van der Waals surface area (Å²) in [5.74, 6) is -0.434. The Bertz CT molecular complexity index is 2260. The van der Waals surface area contributed by atoms with Crippen molar-refractivity contribution in [3.63, 3.8) is 0 Å². The number of aromatic amines is 1. The van der Waals surface area contributed by atoms with Gasteiger partial charge in [0, 0.05) is 60.4 Å². The minimum absolute atomic E-state index is 0.0922. The topological polar surface area (TPSA) is 210 Å². The van der Waals surface area contributed by atoms with Gasteiger partial charge in [0.25, 0.3) is 5.91 Å². The van der Waals surface area contributed by atoms with Crippen LogP contribution >= 0.6 is 11.6 Å². The maximum atomic E-state index is 13.9. The Labute approximate surface area is 379 Å². The van der Waals surface area contributed by atoms with Crippen molar-refractivity contribution in [2.75, 3.05) is 25.0 Å². The Balaban J connectivity index is 1.09. The van der Waals surface area contributed by atoms with Crippen LogP contribution in [0.4, 0.5) is 15.3 Å². The first-order valence-corrected chi connectivity index (χ1v) is 22.3. The molecule has 2 aliphatic rings. The van der Waals surface area contributed by atoms with Gasteiger partial charge in [-0.3, -0.25) is 14.4 Å². The molecular formula is C47H60ClN9O7. The zero-order valence-electron chi connectivity index (χ0n) is 37.7. The number of likely N-dealkylation sites (tertiary alicyclic amines) is 1. The summed E-state index contributed by atoms with van der Waals surface area (Å²) in [4.78, 5) is 67.5. The van der Waals surface area contributed by atoms with Gasteiger partial charge >= 0.3 is 12.2 Å². The Hall–Kier alpha value is -6.03. The minimum Gasteiger partial charge on any atom is -0.444 e. The molecule has 16 nitrogen and oxygen atoms in total. The molecule has 1 saturated carbocycles. The highest BCUT2D eigenvalue weighted by atomic mass is 35.5. The summed E-state index contributed by atoms with van der Waals surface area (Å²) in [5.41, 5.74) is 3.60. The second-order valence-corrected chi connectivity index (χ2v) is 19.1. The molecule has 1 aromatic heterocycles. The molecule has 0 bridgehead atoms. The molecule has 5 amide bonds. The van der Waals surface area contributed by atoms with Crippen LogP contribution in [-0.2, 0) is 25.5 Å². The van der Waals surface area contributed by atoms with E-state index < -0.39 is 23.3 Å². The molecule has 3 aromatic carbocycles. The fraction of sp³-hybridized carbons (Fsp3) is 0.489. The normalized spacial score (nSPS) is 17.5. The number of H-pyrrole nitrogens is 1. The number of nitrogens with one attached hydrogen (secondary N) is 5. The first-order chi connectivity index (χ1) is 30.3. The number of benzene rings is 3. The monoisotopic (exact) mass is 897 g/mol. The zero-order chi connectivity index (χ0) is 46.2. The average molecular weight is 899 g/mol. The van der Waals surface area contributed by atoms with Gasteiger partial charge in [0.2, 0.25) is 17.6 Å². The van der Waals surface area contributed by atoms with Gasteiger partial charge in [0.1, 0.15) is 17.2 Å². The molecule has 4 aromatic rings. The molecule has 1 saturated heterocycles. The Morgan fingerprint density at radius 1 is 0.828 bits per heavy atom. The number of anilines is 1. The van der Waals surface area contributed by atoms with Crippen molar-refractivity contribution in [1.82, 2.24) is 41.5 Å². The van der Waals surface area contributed by atoms with Crippen molar-refractivity contribution in [3.05, 3.63) is 82.4 Å². The largest absolute Gasteiger partial charge is 0.444 e. The molecule has 2 fully saturated rings. The van der Waals surface area contributed by atoms with Crippen molar-refractivity contribution in [1.29, 1.82) is 0 Å². The number of nitrogens with zero attached hydrogens (tertiary/aromatic N) is 4. The summed E-state index contributed by atoms with van der Waals surface area (Å²) in [6.07, 6.45) is 3.40. The number of amides is 5. The highest BCUT2D eigenvalue weighted by Gasteiger charge is 2.31. The number of hydrogen-bond acceptors (Lipinski definition) is 10. The smallest absolute Gasteiger partial charge is 0.410 e. The summed E-state index contributed by atoms with van der Waals surface area (Å²) < 4.78 is 10.9. The molecule has 6 rings (SSSR count). The van der Waals surface area contributed by atoms with E-state index in [0.29, 0.717) is 73.0 Å². The maximum Gasteiger partial charge on any atom is 0.410 e. The number of alkyl carbamates (subject to hydrolysis) is 1. The van der Waals surface area contributed by atoms with Gasteiger partial charge in [0.05, 0.1) is 5.02 Å². The first-order valence-electron chi connectivity index (χ1n) is 21.9. The Kier molecular flexibility index (Phi) is 15.3. The zero-order valence-corrected chi connectivity index (χ0v) is 38.4. The third-order valence-electron chi connectivity index (χ3n) is 11.4. The second kappa shape index (κ2) is 20.6. The van der Waals surface area contributed by atoms with Gasteiger partial charge in [-0.25, -0.2) is 9.59 Å². The lowest BCUT2D eigenvalue weighted by Gasteiger charge is -2.33. The number of halogens is 1. The van der Waals surface area contributed by atoms with Crippen molar-refractivity contribution in [2.45, 2.75) is 117 Å². The molecule has 0 radical (unpaired) electrons. The van der Waals surface area contributed by atoms with Gasteiger partial charge in [-0.1, -0.05) is 41.9 Å². The van der Waals surface area contributed by atoms with Gasteiger partial charge in [0.15, 0.2) is 0 Å². The lowest BCUT2D eigenvalue weighted by atomic mass is 9.81. The summed E-state index contributed by atoms with van der Waals surface area (Å²) in [5, 5.41) is 26.4. The van der Waals surface area contributed by atoms with Crippen molar-refractivity contribution < 1.29 is 33.4 Å². The van der Waals surface area contributed by atoms with E-state index >= 15 is 0 Å². The Morgan fingerprint density at radius 2 is 1.47 bits per heavy atom. The van der Waals surface area contributed by atoms with E-state index in [-0.39, 0.29) is 48.1 Å². The second-order valence-electron chi connectivity index (χ2n) is 18.7. The number of piperidine rings is 1. The fourth-order valence-electron chi connectivity index (χ4n) is 7.89. The maximum absolute atomic E-state index is 13.9. The van der Waals surface area contributed by atoms with E-state index in [1.54, 1.807) is 35.2 Å². The highest BCUT2D eigenvalue weighted by molar-refractivity contribution is 6.34. The van der Waals surface area contributed by atoms with Crippen molar-refractivity contribution in [3.8, 4) is 22.5 Å². The number of tetrazole rings is 1. The predicted octanol–water partition coefficient (Wildman–Crippen LogP) is 7.62. The first kappa shape index (κ1) is 47.4. The number of rotatable bonds is 12. The summed E-state index contributed by atoms with van der Waals surface area (Å²) in [6.45, 7) is 14.2. The van der Waals surface area contributed by atoms with E-state index in [1.165, 1.54) is 0 Å². The van der Waals surface area contributed by atoms with Gasteiger partial charge < -0.3 is 35.6 Å². The van der Waals surface area contributed by atoms with Crippen LogP contribution < -0.4 is 21.3 Å². The van der Waals surface area contributed by atoms with E-state index in [9.17, 15) is 24.0 Å². The van der Waals surface area contributed by atoms with Crippen LogP contribution in [0.5, 0.6) is 0 Å². The Morgan fingerprint density at radius 3 is 2.08 bits per heavy atom. The number of hydrogen-bond donors (Lipinski definition) is 5. The number of carbonyl (C=O) groups excluding carboxylic acids is 5. The third-order valence-corrected chi connectivity index (χ3v) is 11.8. The van der Waals surface area contributed by atoms with Gasteiger partial charge in [-0.05, 0) is 145 Å². The number of aromatic nitrogens is 4. The SMILES string of the molecule is Cc1c(C(=O)NC2CCN(C(=O)OC(C)(C)C)CC2)ccc(-c2ccc(C[C@H](NC(=O)C3CCC(CNC(=O)OC(C)(C)C)CC3)C(=O)Nc3ccc(-c4nn[nH]n4)cc3)cc2)c1Cl. The van der Waals surface area contributed by atoms with Crippen LogP contribution in [0.2, 0.25) is 5.02 Å². The van der Waals surface area contributed by atoms with Crippen LogP contribution in [0.1, 0.15) is 102 Å². The van der Waals surface area contributed by atoms with E-state index in [0.717, 1.165) is 35.1 Å². The van der Waals surface area contributed by atoms with Crippen LogP contribution in [0.25, 0.3) is 22.5 Å². The summed E-state index contributed by atoms with van der Waals surface area (Å²) >= 11 is 6.93. The molecule has 64 heavy (non-hydrogen) atoms. The molecule has 17 heteroatoms. The molecule has 1 aliphatic heterocycles. The molecular weight excluding hydrogens is 838 g/mol. The van der Waals surface area contributed by atoms with E-state index in [2.05, 4.69) is 41.9 Å². The fourth-order valence-corrected chi connectivity index (χ4v) is 8.17. The van der Waals surface area contributed by atoms with Crippen LogP contribution in [0, 0.1) is 18.8 Å². The van der Waals surface area contributed by atoms with E-state index in [4.69, 9.17) is 21.1 Å². The average Bonchev–Trinajstić information content (AvgIpc) is 3.79. The highest BCUT2D eigenvalue weighted by Crippen LogP contribution is 2.34. The summed E-state index contributed by atoms with van der Waals surface area (Å²) in [7, 11) is 0. The lowest BCUT2D eigenvalue weighted by molar-refractivity contribution is -0.130. The number of ether oxygens (including phenoxy) is 2. The predicted molar refractivity (Wildman–Crippen MR) is 243 cm³/mol. The molecule has 0 unspecified atom stereocenters. The molecule has 5 N–H and O–H groups in total. The molecule has 342 valence electrons.